The van der Waals surface area contributed by atoms with Crippen molar-refractivity contribution < 1.29 is 17.8 Å². The predicted octanol–water partition coefficient (Wildman–Crippen LogP) is 2.77. The van der Waals surface area contributed by atoms with E-state index in [2.05, 4.69) is 15.3 Å². The van der Waals surface area contributed by atoms with Crippen LogP contribution in [0.5, 0.6) is 0 Å². The van der Waals surface area contributed by atoms with Gasteiger partial charge >= 0.3 is 0 Å². The first-order valence-corrected chi connectivity index (χ1v) is 10.0. The zero-order valence-electron chi connectivity index (χ0n) is 14.7. The molecule has 0 aliphatic heterocycles. The van der Waals surface area contributed by atoms with Crippen molar-refractivity contribution in [1.82, 2.24) is 10.3 Å². The van der Waals surface area contributed by atoms with E-state index in [9.17, 15) is 13.2 Å². The average molecular weight is 421 g/mol. The Balaban J connectivity index is 0.000000500. The van der Waals surface area contributed by atoms with E-state index in [1.807, 2.05) is 18.2 Å². The summed E-state index contributed by atoms with van der Waals surface area (Å²) >= 11 is 6.19. The lowest BCUT2D eigenvalue weighted by Gasteiger charge is -2.08. The van der Waals surface area contributed by atoms with E-state index in [1.165, 1.54) is 0 Å². The van der Waals surface area contributed by atoms with Crippen LogP contribution in [-0.2, 0) is 10.1 Å². The molecule has 0 radical (unpaired) electrons. The van der Waals surface area contributed by atoms with E-state index in [4.69, 9.17) is 21.9 Å². The minimum absolute atomic E-state index is 0.0122. The summed E-state index contributed by atoms with van der Waals surface area (Å²) in [5, 5.41) is 3.61. The Hall–Kier alpha value is -3.01. The molecule has 10 heteroatoms. The first-order chi connectivity index (χ1) is 13.1. The lowest BCUT2D eigenvalue weighted by Crippen LogP contribution is -2.36. The van der Waals surface area contributed by atoms with E-state index < -0.39 is 10.1 Å². The Labute approximate surface area is 166 Å². The summed E-state index contributed by atoms with van der Waals surface area (Å²) in [4.78, 5) is 20.8. The van der Waals surface area contributed by atoms with E-state index in [0.717, 1.165) is 0 Å². The number of rotatable bonds is 2. The second-order valence-corrected chi connectivity index (χ2v) is 7.39. The molecule has 4 N–H and O–H groups in total. The van der Waals surface area contributed by atoms with Gasteiger partial charge in [0.2, 0.25) is 5.96 Å². The van der Waals surface area contributed by atoms with Crippen LogP contribution in [0.3, 0.4) is 0 Å². The van der Waals surface area contributed by atoms with Gasteiger partial charge in [0.15, 0.2) is 0 Å². The Morgan fingerprint density at radius 1 is 1.14 bits per heavy atom. The van der Waals surface area contributed by atoms with Crippen molar-refractivity contribution in [2.45, 2.75) is 0 Å². The van der Waals surface area contributed by atoms with Crippen LogP contribution >= 0.6 is 11.6 Å². The number of aliphatic imine (C=N–C) groups is 1. The summed E-state index contributed by atoms with van der Waals surface area (Å²) < 4.78 is 25.9. The number of para-hydroxylation sites is 1. The van der Waals surface area contributed by atoms with Crippen LogP contribution in [0.15, 0.2) is 65.8 Å². The lowest BCUT2D eigenvalue weighted by molar-refractivity contribution is 0.0978. The molecule has 8 nitrogen and oxygen atoms in total. The molecule has 28 heavy (non-hydrogen) atoms. The van der Waals surface area contributed by atoms with Gasteiger partial charge < -0.3 is 5.73 Å². The van der Waals surface area contributed by atoms with E-state index in [0.29, 0.717) is 33.4 Å². The molecule has 0 aliphatic carbocycles. The number of halogens is 1. The highest BCUT2D eigenvalue weighted by Crippen LogP contribution is 2.25. The summed E-state index contributed by atoms with van der Waals surface area (Å²) in [7, 11) is -3.67. The number of benzene rings is 2. The Morgan fingerprint density at radius 2 is 1.79 bits per heavy atom. The minimum Gasteiger partial charge on any atom is -0.369 e. The smallest absolute Gasteiger partial charge is 0.261 e. The van der Waals surface area contributed by atoms with Crippen LogP contribution in [0.1, 0.15) is 10.4 Å². The van der Waals surface area contributed by atoms with Gasteiger partial charge in [-0.25, -0.2) is 4.99 Å². The summed E-state index contributed by atoms with van der Waals surface area (Å²) in [5.74, 6) is -0.374. The van der Waals surface area contributed by atoms with Crippen LogP contribution < -0.4 is 11.1 Å². The van der Waals surface area contributed by atoms with Gasteiger partial charge in [0.25, 0.3) is 16.0 Å². The van der Waals surface area contributed by atoms with Gasteiger partial charge in [-0.3, -0.25) is 19.6 Å². The number of aromatic nitrogens is 1. The molecule has 0 atom stereocenters. The maximum Gasteiger partial charge on any atom is 0.261 e. The number of hydrogen-bond donors (Lipinski definition) is 3. The molecule has 2 aromatic carbocycles. The number of nitrogens with one attached hydrogen (secondary N) is 1. The topological polar surface area (TPSA) is 135 Å². The van der Waals surface area contributed by atoms with Gasteiger partial charge in [0, 0.05) is 11.6 Å². The van der Waals surface area contributed by atoms with Gasteiger partial charge in [0.05, 0.1) is 28.0 Å². The maximum atomic E-state index is 12.5. The number of nitrogens with zero attached hydrogens (tertiary/aromatic N) is 2. The molecule has 0 saturated carbocycles. The normalized spacial score (nSPS) is 11.5. The first-order valence-electron chi connectivity index (χ1n) is 7.81. The van der Waals surface area contributed by atoms with E-state index in [1.54, 1.807) is 42.6 Å². The number of pyridine rings is 1. The molecule has 1 amide bonds. The average Bonchev–Trinajstić information content (AvgIpc) is 2.61. The summed E-state index contributed by atoms with van der Waals surface area (Å²) in [6.45, 7) is 0. The Morgan fingerprint density at radius 3 is 2.43 bits per heavy atom. The molecule has 0 unspecified atom stereocenters. The van der Waals surface area contributed by atoms with Crippen molar-refractivity contribution in [2.24, 2.45) is 10.7 Å². The third-order valence-corrected chi connectivity index (χ3v) is 3.52. The lowest BCUT2D eigenvalue weighted by atomic mass is 10.1. The fraction of sp³-hybridized carbons (Fsp3) is 0.0556. The molecular weight excluding hydrogens is 404 g/mol. The summed E-state index contributed by atoms with van der Waals surface area (Å²) in [5.41, 5.74) is 7.49. The van der Waals surface area contributed by atoms with E-state index in [-0.39, 0.29) is 11.9 Å². The second kappa shape index (κ2) is 9.27. The zero-order chi connectivity index (χ0) is 20.7. The summed E-state index contributed by atoms with van der Waals surface area (Å²) in [6.07, 6.45) is 2.27. The Bertz CT molecular complexity index is 1110. The molecule has 3 aromatic rings. The maximum absolute atomic E-state index is 12.5. The molecule has 3 rings (SSSR count). The number of carbonyl (C=O) groups excluding carboxylic acids is 1. The molecule has 0 bridgehead atoms. The number of carbonyl (C=O) groups is 1. The monoisotopic (exact) mass is 420 g/mol. The minimum atomic E-state index is -3.67. The van der Waals surface area contributed by atoms with Gasteiger partial charge in [-0.05, 0) is 30.3 Å². The fourth-order valence-corrected chi connectivity index (χ4v) is 2.48. The number of hydrogen-bond acceptors (Lipinski definition) is 5. The molecule has 0 saturated heterocycles. The van der Waals surface area contributed by atoms with Crippen LogP contribution in [0.4, 0.5) is 5.69 Å². The van der Waals surface area contributed by atoms with Gasteiger partial charge in [-0.15, -0.1) is 0 Å². The molecule has 0 spiro atoms. The molecule has 1 heterocycles. The first kappa shape index (κ1) is 21.3. The quantitative estimate of drug-likeness (QED) is 0.331. The number of guanidine groups is 1. The fourth-order valence-electron chi connectivity index (χ4n) is 2.20. The van der Waals surface area contributed by atoms with Crippen molar-refractivity contribution in [1.29, 1.82) is 0 Å². The van der Waals surface area contributed by atoms with Crippen LogP contribution in [0.25, 0.3) is 10.9 Å². The van der Waals surface area contributed by atoms with Crippen LogP contribution in [0, 0.1) is 0 Å². The van der Waals surface area contributed by atoms with Crippen LogP contribution in [0.2, 0.25) is 5.02 Å². The van der Waals surface area contributed by atoms with Gasteiger partial charge in [0.1, 0.15) is 0 Å². The third-order valence-electron chi connectivity index (χ3n) is 3.21. The van der Waals surface area contributed by atoms with Crippen molar-refractivity contribution in [3.05, 3.63) is 71.4 Å². The molecule has 0 aliphatic rings. The highest BCUT2D eigenvalue weighted by Gasteiger charge is 2.13. The standard InChI is InChI=1S/C17H13ClN4O.CH4O3S/c18-13-7-4-8-14-15(13)12(9-10-20-14)16(23)22-17(19)21-11-5-2-1-3-6-11;1-5(2,3)4/h1-10H,(H3,19,21,22,23);1H3,(H,2,3,4). The molecular formula is C18H17ClN4O4S. The van der Waals surface area contributed by atoms with Crippen molar-refractivity contribution >= 4 is 50.2 Å². The highest BCUT2D eigenvalue weighted by molar-refractivity contribution is 7.85. The SMILES string of the molecule is CS(=O)(=O)O.NC(=Nc1ccccc1)NC(=O)c1ccnc2cccc(Cl)c12. The molecule has 1 aromatic heterocycles. The second-order valence-electron chi connectivity index (χ2n) is 5.51. The summed E-state index contributed by atoms with van der Waals surface area (Å²) in [6, 6.07) is 16.0. The van der Waals surface area contributed by atoms with E-state index >= 15 is 0 Å². The highest BCUT2D eigenvalue weighted by atomic mass is 35.5. The Kier molecular flexibility index (Phi) is 7.05. The largest absolute Gasteiger partial charge is 0.369 e. The van der Waals surface area contributed by atoms with Gasteiger partial charge in [-0.1, -0.05) is 35.9 Å². The van der Waals surface area contributed by atoms with Crippen molar-refractivity contribution in [3.63, 3.8) is 0 Å². The number of nitrogens with two attached hydrogens (primary N) is 1. The zero-order valence-corrected chi connectivity index (χ0v) is 16.3. The number of amides is 1. The number of fused-ring (bicyclic) bond motifs is 1. The van der Waals surface area contributed by atoms with Crippen molar-refractivity contribution in [2.75, 3.05) is 6.26 Å². The predicted molar refractivity (Wildman–Crippen MR) is 109 cm³/mol. The molecule has 146 valence electrons. The van der Waals surface area contributed by atoms with Crippen LogP contribution in [-0.4, -0.2) is 36.1 Å². The molecule has 0 fully saturated rings. The van der Waals surface area contributed by atoms with Crippen molar-refractivity contribution in [3.8, 4) is 0 Å². The third kappa shape index (κ3) is 6.62. The van der Waals surface area contributed by atoms with Gasteiger partial charge in [-0.2, -0.15) is 8.42 Å².